The molecule has 0 heterocycles. The summed E-state index contributed by atoms with van der Waals surface area (Å²) in [7, 11) is -2.25. The van der Waals surface area contributed by atoms with Crippen molar-refractivity contribution >= 4 is 21.7 Å². The number of ether oxygens (including phenoxy) is 2. The van der Waals surface area contributed by atoms with Crippen LogP contribution in [0.3, 0.4) is 0 Å². The summed E-state index contributed by atoms with van der Waals surface area (Å²) < 4.78 is 36.2. The summed E-state index contributed by atoms with van der Waals surface area (Å²) in [6.45, 7) is 3.71. The van der Waals surface area contributed by atoms with Crippen LogP contribution in [-0.2, 0) is 14.8 Å². The van der Waals surface area contributed by atoms with E-state index in [0.717, 1.165) is 0 Å². The van der Waals surface area contributed by atoms with Gasteiger partial charge in [-0.25, -0.2) is 13.2 Å². The summed E-state index contributed by atoms with van der Waals surface area (Å²) in [4.78, 5) is 10.9. The molecule has 1 aromatic rings. The van der Waals surface area contributed by atoms with Crippen molar-refractivity contribution in [2.24, 2.45) is 0 Å². The third-order valence-electron chi connectivity index (χ3n) is 2.51. The standard InChI is InChI=1S/C13H19NO6S/c1-9(2)20-6-7-21(17,18)14-10-4-5-11(13(15)16)12(8-10)19-3/h4-5,8-9,14H,6-7H2,1-3H3,(H,15,16). The maximum absolute atomic E-state index is 11.9. The SMILES string of the molecule is COc1cc(NS(=O)(=O)CCOC(C)C)ccc1C(=O)O. The molecule has 0 amide bonds. The van der Waals surface area contributed by atoms with Gasteiger partial charge >= 0.3 is 5.97 Å². The average Bonchev–Trinajstić information content (AvgIpc) is 2.36. The second-order valence-corrected chi connectivity index (χ2v) is 6.40. The van der Waals surface area contributed by atoms with Crippen molar-refractivity contribution in [1.82, 2.24) is 0 Å². The van der Waals surface area contributed by atoms with E-state index in [4.69, 9.17) is 14.6 Å². The Kier molecular flexibility index (Phi) is 5.98. The van der Waals surface area contributed by atoms with Crippen molar-refractivity contribution in [2.75, 3.05) is 24.2 Å². The summed E-state index contributed by atoms with van der Waals surface area (Å²) in [6, 6.07) is 3.97. The lowest BCUT2D eigenvalue weighted by molar-refractivity contribution is 0.0693. The highest BCUT2D eigenvalue weighted by Crippen LogP contribution is 2.23. The van der Waals surface area contributed by atoms with Crippen LogP contribution in [0.25, 0.3) is 0 Å². The van der Waals surface area contributed by atoms with E-state index >= 15 is 0 Å². The smallest absolute Gasteiger partial charge is 0.339 e. The molecule has 7 nitrogen and oxygen atoms in total. The Morgan fingerprint density at radius 3 is 2.57 bits per heavy atom. The van der Waals surface area contributed by atoms with Gasteiger partial charge in [-0.15, -0.1) is 0 Å². The Morgan fingerprint density at radius 1 is 1.38 bits per heavy atom. The maximum Gasteiger partial charge on any atom is 0.339 e. The molecular formula is C13H19NO6S. The van der Waals surface area contributed by atoms with Crippen molar-refractivity contribution < 1.29 is 27.8 Å². The van der Waals surface area contributed by atoms with Gasteiger partial charge in [0.1, 0.15) is 11.3 Å². The highest BCUT2D eigenvalue weighted by atomic mass is 32.2. The number of hydrogen-bond acceptors (Lipinski definition) is 5. The number of carboxylic acid groups (broad SMARTS) is 1. The first kappa shape index (κ1) is 17.3. The van der Waals surface area contributed by atoms with E-state index in [0.29, 0.717) is 0 Å². The van der Waals surface area contributed by atoms with Crippen molar-refractivity contribution in [3.05, 3.63) is 23.8 Å². The molecule has 0 saturated heterocycles. The third-order valence-corrected chi connectivity index (χ3v) is 3.76. The molecule has 0 radical (unpaired) electrons. The molecule has 8 heteroatoms. The second-order valence-electron chi connectivity index (χ2n) is 4.56. The predicted octanol–water partition coefficient (Wildman–Crippen LogP) is 1.56. The van der Waals surface area contributed by atoms with Crippen molar-refractivity contribution in [3.63, 3.8) is 0 Å². The zero-order valence-corrected chi connectivity index (χ0v) is 12.9. The van der Waals surface area contributed by atoms with Crippen LogP contribution in [-0.4, -0.2) is 45.1 Å². The van der Waals surface area contributed by atoms with Crippen LogP contribution in [0.2, 0.25) is 0 Å². The van der Waals surface area contributed by atoms with E-state index in [1.54, 1.807) is 0 Å². The van der Waals surface area contributed by atoms with E-state index in [1.165, 1.54) is 25.3 Å². The molecule has 0 aliphatic heterocycles. The molecule has 0 spiro atoms. The Bertz CT molecular complexity index is 597. The molecule has 0 atom stereocenters. The van der Waals surface area contributed by atoms with Crippen LogP contribution in [0, 0.1) is 0 Å². The molecule has 1 rings (SSSR count). The molecule has 0 bridgehead atoms. The van der Waals surface area contributed by atoms with Crippen LogP contribution >= 0.6 is 0 Å². The molecular weight excluding hydrogens is 298 g/mol. The Morgan fingerprint density at radius 2 is 2.05 bits per heavy atom. The number of aromatic carboxylic acids is 1. The first-order valence-electron chi connectivity index (χ1n) is 6.28. The minimum atomic E-state index is -3.57. The van der Waals surface area contributed by atoms with Gasteiger partial charge in [0.2, 0.25) is 10.0 Å². The maximum atomic E-state index is 11.9. The number of rotatable bonds is 8. The van der Waals surface area contributed by atoms with Crippen LogP contribution in [0.15, 0.2) is 18.2 Å². The second kappa shape index (κ2) is 7.28. The largest absolute Gasteiger partial charge is 0.496 e. The predicted molar refractivity (Wildman–Crippen MR) is 78.5 cm³/mol. The number of methoxy groups -OCH3 is 1. The molecule has 0 aromatic heterocycles. The molecule has 0 fully saturated rings. The Labute approximate surface area is 123 Å². The van der Waals surface area contributed by atoms with E-state index < -0.39 is 16.0 Å². The topological polar surface area (TPSA) is 102 Å². The molecule has 0 unspecified atom stereocenters. The summed E-state index contributed by atoms with van der Waals surface area (Å²) in [5.74, 6) is -1.25. The van der Waals surface area contributed by atoms with Gasteiger partial charge in [0.25, 0.3) is 0 Å². The molecule has 2 N–H and O–H groups in total. The van der Waals surface area contributed by atoms with Gasteiger partial charge in [-0.05, 0) is 26.0 Å². The Balaban J connectivity index is 2.80. The molecule has 0 aliphatic rings. The quantitative estimate of drug-likeness (QED) is 0.754. The fraction of sp³-hybridized carbons (Fsp3) is 0.462. The monoisotopic (exact) mass is 317 g/mol. The number of anilines is 1. The van der Waals surface area contributed by atoms with Gasteiger partial charge < -0.3 is 14.6 Å². The Hall–Kier alpha value is -1.80. The number of carboxylic acids is 1. The molecule has 1 aromatic carbocycles. The number of sulfonamides is 1. The first-order valence-corrected chi connectivity index (χ1v) is 7.94. The molecule has 118 valence electrons. The van der Waals surface area contributed by atoms with Crippen molar-refractivity contribution in [2.45, 2.75) is 20.0 Å². The number of hydrogen-bond donors (Lipinski definition) is 2. The van der Waals surface area contributed by atoms with E-state index in [9.17, 15) is 13.2 Å². The van der Waals surface area contributed by atoms with Gasteiger partial charge in [-0.3, -0.25) is 4.72 Å². The van der Waals surface area contributed by atoms with Crippen LogP contribution in [0.1, 0.15) is 24.2 Å². The van der Waals surface area contributed by atoms with Gasteiger partial charge in [-0.1, -0.05) is 0 Å². The first-order chi connectivity index (χ1) is 9.75. The van der Waals surface area contributed by atoms with Gasteiger partial charge in [0.15, 0.2) is 0 Å². The lowest BCUT2D eigenvalue weighted by Crippen LogP contribution is -2.21. The van der Waals surface area contributed by atoms with Crippen LogP contribution in [0.4, 0.5) is 5.69 Å². The van der Waals surface area contributed by atoms with E-state index in [-0.39, 0.29) is 35.5 Å². The minimum Gasteiger partial charge on any atom is -0.496 e. The van der Waals surface area contributed by atoms with E-state index in [1.807, 2.05) is 13.8 Å². The molecule has 0 saturated carbocycles. The molecule has 21 heavy (non-hydrogen) atoms. The number of nitrogens with one attached hydrogen (secondary N) is 1. The van der Waals surface area contributed by atoms with Gasteiger partial charge in [0, 0.05) is 6.07 Å². The fourth-order valence-electron chi connectivity index (χ4n) is 1.56. The van der Waals surface area contributed by atoms with Crippen molar-refractivity contribution in [1.29, 1.82) is 0 Å². The number of benzene rings is 1. The lowest BCUT2D eigenvalue weighted by atomic mass is 10.2. The molecule has 0 aliphatic carbocycles. The zero-order valence-electron chi connectivity index (χ0n) is 12.1. The summed E-state index contributed by atoms with van der Waals surface area (Å²) in [5, 5.41) is 8.95. The van der Waals surface area contributed by atoms with E-state index in [2.05, 4.69) is 4.72 Å². The zero-order chi connectivity index (χ0) is 16.0. The highest BCUT2D eigenvalue weighted by molar-refractivity contribution is 7.92. The van der Waals surface area contributed by atoms with Gasteiger partial charge in [0.05, 0.1) is 31.3 Å². The normalized spacial score (nSPS) is 11.4. The number of carbonyl (C=O) groups is 1. The summed E-state index contributed by atoms with van der Waals surface area (Å²) >= 11 is 0. The highest BCUT2D eigenvalue weighted by Gasteiger charge is 2.15. The minimum absolute atomic E-state index is 0.0383. The van der Waals surface area contributed by atoms with Crippen LogP contribution in [0.5, 0.6) is 5.75 Å². The summed E-state index contributed by atoms with van der Waals surface area (Å²) in [6.07, 6.45) is -0.0462. The average molecular weight is 317 g/mol. The fourth-order valence-corrected chi connectivity index (χ4v) is 2.46. The lowest BCUT2D eigenvalue weighted by Gasteiger charge is -2.12. The summed E-state index contributed by atoms with van der Waals surface area (Å²) in [5.41, 5.74) is 0.199. The van der Waals surface area contributed by atoms with Crippen LogP contribution < -0.4 is 9.46 Å². The third kappa shape index (κ3) is 5.60. The van der Waals surface area contributed by atoms with Gasteiger partial charge in [-0.2, -0.15) is 0 Å². The van der Waals surface area contributed by atoms with Crippen molar-refractivity contribution in [3.8, 4) is 5.75 Å².